The van der Waals surface area contributed by atoms with Crippen LogP contribution in [0, 0.1) is 6.92 Å². The molecule has 0 aromatic carbocycles. The molecule has 0 atom stereocenters. The largest absolute Gasteiger partial charge is 0.543 e. The van der Waals surface area contributed by atoms with Crippen LogP contribution in [0.2, 0.25) is 0 Å². The van der Waals surface area contributed by atoms with Gasteiger partial charge in [0, 0.05) is 25.8 Å². The Morgan fingerprint density at radius 3 is 2.77 bits per heavy atom. The van der Waals surface area contributed by atoms with E-state index in [1.807, 2.05) is 29.7 Å². The Labute approximate surface area is 130 Å². The molecular weight excluding hydrogens is 280 g/mol. The zero-order valence-electron chi connectivity index (χ0n) is 13.1. The lowest BCUT2D eigenvalue weighted by atomic mass is 10.2. The Balaban J connectivity index is 1.91. The number of carboxylic acids is 1. The summed E-state index contributed by atoms with van der Waals surface area (Å²) in [6.45, 7) is 10.1. The van der Waals surface area contributed by atoms with Gasteiger partial charge in [0.15, 0.2) is 0 Å². The number of carbonyl (C=O) groups is 1. The quantitative estimate of drug-likeness (QED) is 0.765. The van der Waals surface area contributed by atoms with Crippen LogP contribution in [0.25, 0.3) is 5.65 Å². The second kappa shape index (κ2) is 6.06. The number of hydrogen-bond donors (Lipinski definition) is 1. The molecule has 3 heterocycles. The molecule has 1 aliphatic rings. The molecule has 0 radical (unpaired) electrons. The highest BCUT2D eigenvalue weighted by atomic mass is 16.4. The van der Waals surface area contributed by atoms with Gasteiger partial charge in [-0.25, -0.2) is 4.98 Å². The van der Waals surface area contributed by atoms with Crippen molar-refractivity contribution in [1.82, 2.24) is 14.3 Å². The summed E-state index contributed by atoms with van der Waals surface area (Å²) < 4.78 is 1.89. The maximum Gasteiger partial charge on any atom is 0.140 e. The van der Waals surface area contributed by atoms with Crippen LogP contribution in [0.3, 0.4) is 0 Å². The van der Waals surface area contributed by atoms with Gasteiger partial charge in [-0.3, -0.25) is 4.90 Å². The molecule has 0 amide bonds. The maximum absolute atomic E-state index is 11.4. The number of quaternary nitrogens is 1. The number of pyridine rings is 1. The number of aromatic carboxylic acids is 1. The molecule has 2 aromatic rings. The van der Waals surface area contributed by atoms with Crippen LogP contribution in [-0.4, -0.2) is 53.0 Å². The van der Waals surface area contributed by atoms with Gasteiger partial charge in [0.05, 0.1) is 31.3 Å². The second-order valence-corrected chi connectivity index (χ2v) is 5.96. The summed E-state index contributed by atoms with van der Waals surface area (Å²) in [7, 11) is 0. The van der Waals surface area contributed by atoms with Crippen molar-refractivity contribution in [2.75, 3.05) is 32.7 Å². The van der Waals surface area contributed by atoms with Crippen molar-refractivity contribution in [1.29, 1.82) is 0 Å². The van der Waals surface area contributed by atoms with Gasteiger partial charge in [0.2, 0.25) is 0 Å². The van der Waals surface area contributed by atoms with Gasteiger partial charge >= 0.3 is 0 Å². The molecule has 0 bridgehead atoms. The van der Waals surface area contributed by atoms with Crippen LogP contribution in [0.5, 0.6) is 0 Å². The van der Waals surface area contributed by atoms with E-state index >= 15 is 0 Å². The highest BCUT2D eigenvalue weighted by molar-refractivity contribution is 5.86. The molecule has 0 unspecified atom stereocenters. The number of nitrogens with one attached hydrogen (secondary N) is 1. The maximum atomic E-state index is 11.4. The molecule has 0 aliphatic carbocycles. The number of piperazine rings is 1. The summed E-state index contributed by atoms with van der Waals surface area (Å²) in [4.78, 5) is 19.6. The fraction of sp³-hybridized carbons (Fsp3) is 0.500. The van der Waals surface area contributed by atoms with Crippen LogP contribution in [-0.2, 0) is 6.54 Å². The zero-order valence-corrected chi connectivity index (χ0v) is 13.1. The molecule has 1 saturated heterocycles. The number of carbonyl (C=O) groups excluding carboxylic acids is 1. The third-order valence-corrected chi connectivity index (χ3v) is 4.57. The van der Waals surface area contributed by atoms with Gasteiger partial charge in [-0.15, -0.1) is 0 Å². The first kappa shape index (κ1) is 15.0. The predicted octanol–water partition coefficient (Wildman–Crippen LogP) is -1.27. The third kappa shape index (κ3) is 2.71. The number of rotatable bonds is 4. The Morgan fingerprint density at radius 2 is 2.14 bits per heavy atom. The minimum atomic E-state index is -1.20. The molecule has 1 aliphatic heterocycles. The van der Waals surface area contributed by atoms with Gasteiger partial charge < -0.3 is 19.2 Å². The van der Waals surface area contributed by atoms with Gasteiger partial charge in [-0.1, -0.05) is 6.07 Å². The predicted molar refractivity (Wildman–Crippen MR) is 80.8 cm³/mol. The summed E-state index contributed by atoms with van der Waals surface area (Å²) in [6, 6.07) is 3.86. The van der Waals surface area contributed by atoms with Gasteiger partial charge in [0.25, 0.3) is 0 Å². The van der Waals surface area contributed by atoms with Crippen LogP contribution in [0.4, 0.5) is 0 Å². The average molecular weight is 302 g/mol. The van der Waals surface area contributed by atoms with Crippen molar-refractivity contribution in [2.45, 2.75) is 20.4 Å². The lowest BCUT2D eigenvalue weighted by Crippen LogP contribution is -3.14. The monoisotopic (exact) mass is 302 g/mol. The van der Waals surface area contributed by atoms with Crippen molar-refractivity contribution in [3.05, 3.63) is 35.3 Å². The number of nitrogens with zero attached hydrogens (tertiary/aromatic N) is 3. The minimum absolute atomic E-state index is 0.0690. The van der Waals surface area contributed by atoms with E-state index in [1.165, 1.54) is 0 Å². The summed E-state index contributed by atoms with van der Waals surface area (Å²) in [5.41, 5.74) is 2.46. The molecule has 0 saturated carbocycles. The lowest BCUT2D eigenvalue weighted by molar-refractivity contribution is -0.902. The number of carboxylic acid groups (broad SMARTS) is 1. The van der Waals surface area contributed by atoms with Crippen molar-refractivity contribution < 1.29 is 14.8 Å². The highest BCUT2D eigenvalue weighted by Crippen LogP contribution is 2.17. The SMILES string of the molecule is CC[NH+]1CCN(Cc2c(C(=O)[O-])nc3c(C)cccn23)CC1. The van der Waals surface area contributed by atoms with Crippen LogP contribution in [0.1, 0.15) is 28.7 Å². The smallest absolute Gasteiger partial charge is 0.140 e. The number of hydrogen-bond acceptors (Lipinski definition) is 4. The first-order valence-corrected chi connectivity index (χ1v) is 7.84. The highest BCUT2D eigenvalue weighted by Gasteiger charge is 2.22. The second-order valence-electron chi connectivity index (χ2n) is 5.96. The Hall–Kier alpha value is -1.92. The first-order chi connectivity index (χ1) is 10.6. The number of likely N-dealkylation sites (N-methyl/N-ethyl adjacent to an activating group) is 1. The van der Waals surface area contributed by atoms with Crippen LogP contribution >= 0.6 is 0 Å². The van der Waals surface area contributed by atoms with Crippen molar-refractivity contribution in [3.63, 3.8) is 0 Å². The number of aromatic nitrogens is 2. The van der Waals surface area contributed by atoms with Gasteiger partial charge in [0.1, 0.15) is 11.3 Å². The van der Waals surface area contributed by atoms with E-state index < -0.39 is 5.97 Å². The fourth-order valence-corrected chi connectivity index (χ4v) is 3.16. The summed E-state index contributed by atoms with van der Waals surface area (Å²) in [6.07, 6.45) is 1.88. The molecule has 2 aromatic heterocycles. The fourth-order valence-electron chi connectivity index (χ4n) is 3.16. The number of imidazole rings is 1. The average Bonchev–Trinajstić information content (AvgIpc) is 2.89. The Bertz CT molecular complexity index is 687. The standard InChI is InChI=1S/C16H22N4O2/c1-3-18-7-9-19(10-8-18)11-13-14(16(21)22)17-15-12(2)5-4-6-20(13)15/h4-6H,3,7-11H2,1-2H3,(H,21,22). The van der Waals surface area contributed by atoms with Crippen molar-refractivity contribution in [3.8, 4) is 0 Å². The van der Waals surface area contributed by atoms with E-state index in [0.717, 1.165) is 44.0 Å². The topological polar surface area (TPSA) is 65.1 Å². The lowest BCUT2D eigenvalue weighted by Gasteiger charge is -2.31. The zero-order chi connectivity index (χ0) is 15.7. The first-order valence-electron chi connectivity index (χ1n) is 7.84. The number of aryl methyl sites for hydroxylation is 1. The van der Waals surface area contributed by atoms with Crippen LogP contribution in [0.15, 0.2) is 18.3 Å². The molecular formula is C16H22N4O2. The van der Waals surface area contributed by atoms with Crippen molar-refractivity contribution >= 4 is 11.6 Å². The summed E-state index contributed by atoms with van der Waals surface area (Å²) in [5.74, 6) is -1.20. The molecule has 1 N–H and O–H groups in total. The molecule has 6 nitrogen and oxygen atoms in total. The minimum Gasteiger partial charge on any atom is -0.543 e. The van der Waals surface area contributed by atoms with Gasteiger partial charge in [-0.05, 0) is 25.5 Å². The normalized spacial score (nSPS) is 17.2. The van der Waals surface area contributed by atoms with E-state index in [1.54, 1.807) is 4.90 Å². The molecule has 118 valence electrons. The molecule has 22 heavy (non-hydrogen) atoms. The summed E-state index contributed by atoms with van der Waals surface area (Å²) in [5, 5.41) is 11.4. The molecule has 1 fully saturated rings. The van der Waals surface area contributed by atoms with Gasteiger partial charge in [-0.2, -0.15) is 0 Å². The van der Waals surface area contributed by atoms with E-state index in [-0.39, 0.29) is 5.69 Å². The molecule has 3 rings (SSSR count). The van der Waals surface area contributed by atoms with E-state index in [4.69, 9.17) is 0 Å². The molecule has 0 spiro atoms. The Kier molecular flexibility index (Phi) is 4.13. The number of fused-ring (bicyclic) bond motifs is 1. The Morgan fingerprint density at radius 1 is 1.41 bits per heavy atom. The summed E-state index contributed by atoms with van der Waals surface area (Å²) >= 11 is 0. The third-order valence-electron chi connectivity index (χ3n) is 4.57. The molecule has 6 heteroatoms. The van der Waals surface area contributed by atoms with Crippen molar-refractivity contribution in [2.24, 2.45) is 0 Å². The van der Waals surface area contributed by atoms with E-state index in [2.05, 4.69) is 16.8 Å². The van der Waals surface area contributed by atoms with E-state index in [9.17, 15) is 9.90 Å². The van der Waals surface area contributed by atoms with Crippen LogP contribution < -0.4 is 10.0 Å². The van der Waals surface area contributed by atoms with E-state index in [0.29, 0.717) is 12.2 Å².